The average Bonchev–Trinajstić information content (AvgIpc) is 2.83. The fourth-order valence-corrected chi connectivity index (χ4v) is 4.62. The maximum Gasteiger partial charge on any atom is 0.257 e. The summed E-state index contributed by atoms with van der Waals surface area (Å²) < 4.78 is 10.5. The quantitative estimate of drug-likeness (QED) is 0.350. The lowest BCUT2D eigenvalue weighted by molar-refractivity contribution is -0.123. The Morgan fingerprint density at radius 3 is 2.71 bits per heavy atom. The van der Waals surface area contributed by atoms with Gasteiger partial charge in [0.15, 0.2) is 5.16 Å². The predicted molar refractivity (Wildman–Crippen MR) is 130 cm³/mol. The van der Waals surface area contributed by atoms with Crippen molar-refractivity contribution in [3.8, 4) is 11.5 Å². The molecule has 0 saturated heterocycles. The second kappa shape index (κ2) is 10.0. The van der Waals surface area contributed by atoms with Gasteiger partial charge in [-0.2, -0.15) is 0 Å². The Hall–Kier alpha value is -3.79. The molecule has 9 nitrogen and oxygen atoms in total. The van der Waals surface area contributed by atoms with Crippen molar-refractivity contribution in [1.82, 2.24) is 9.97 Å². The summed E-state index contributed by atoms with van der Waals surface area (Å²) in [5.74, 6) is -0.230. The fourth-order valence-electron chi connectivity index (χ4n) is 3.68. The second-order valence-corrected chi connectivity index (χ2v) is 8.67. The van der Waals surface area contributed by atoms with Crippen LogP contribution in [0.3, 0.4) is 0 Å². The van der Waals surface area contributed by atoms with E-state index in [4.69, 9.17) is 9.47 Å². The van der Waals surface area contributed by atoms with Crippen molar-refractivity contribution in [2.45, 2.75) is 30.2 Å². The number of rotatable bonds is 7. The summed E-state index contributed by atoms with van der Waals surface area (Å²) in [5.41, 5.74) is 2.32. The first-order valence-corrected chi connectivity index (χ1v) is 11.5. The Bertz CT molecular complexity index is 1310. The maximum atomic E-state index is 13.1. The van der Waals surface area contributed by atoms with E-state index in [1.165, 1.54) is 26.0 Å². The van der Waals surface area contributed by atoms with E-state index in [0.717, 1.165) is 11.1 Å². The first-order valence-electron chi connectivity index (χ1n) is 10.5. The highest BCUT2D eigenvalue weighted by Crippen LogP contribution is 2.34. The molecule has 1 aliphatic heterocycles. The summed E-state index contributed by atoms with van der Waals surface area (Å²) in [6.45, 7) is 2.01. The van der Waals surface area contributed by atoms with Gasteiger partial charge in [0.05, 0.1) is 31.4 Å². The molecule has 0 spiro atoms. The highest BCUT2D eigenvalue weighted by molar-refractivity contribution is 7.98. The van der Waals surface area contributed by atoms with E-state index < -0.39 is 17.4 Å². The lowest BCUT2D eigenvalue weighted by Gasteiger charge is -2.24. The highest BCUT2D eigenvalue weighted by atomic mass is 32.2. The third kappa shape index (κ3) is 4.91. The number of benzene rings is 2. The van der Waals surface area contributed by atoms with Gasteiger partial charge in [-0.25, -0.2) is 4.98 Å². The zero-order valence-electron chi connectivity index (χ0n) is 18.9. The van der Waals surface area contributed by atoms with E-state index in [-0.39, 0.29) is 23.7 Å². The number of nitrogens with one attached hydrogen (secondary N) is 3. The average molecular weight is 481 g/mol. The summed E-state index contributed by atoms with van der Waals surface area (Å²) in [7, 11) is 3.00. The van der Waals surface area contributed by atoms with Gasteiger partial charge in [0, 0.05) is 18.2 Å². The molecule has 1 atom stereocenters. The third-order valence-corrected chi connectivity index (χ3v) is 6.46. The molecule has 34 heavy (non-hydrogen) atoms. The first-order chi connectivity index (χ1) is 16.4. The molecule has 2 amide bonds. The number of amides is 2. The summed E-state index contributed by atoms with van der Waals surface area (Å²) in [5, 5.41) is 5.75. The van der Waals surface area contributed by atoms with Gasteiger partial charge in [0.2, 0.25) is 11.8 Å². The number of aryl methyl sites for hydroxylation is 1. The monoisotopic (exact) mass is 480 g/mol. The Morgan fingerprint density at radius 2 is 1.97 bits per heavy atom. The van der Waals surface area contributed by atoms with E-state index in [1.807, 2.05) is 31.2 Å². The number of aromatic amines is 1. The van der Waals surface area contributed by atoms with E-state index >= 15 is 0 Å². The normalized spacial score (nSPS) is 14.7. The second-order valence-electron chi connectivity index (χ2n) is 7.71. The van der Waals surface area contributed by atoms with Crippen molar-refractivity contribution in [3.63, 3.8) is 0 Å². The van der Waals surface area contributed by atoms with Crippen molar-refractivity contribution >= 4 is 35.1 Å². The number of H-pyrrole nitrogens is 1. The molecule has 10 heteroatoms. The number of hydrogen-bond donors (Lipinski definition) is 3. The van der Waals surface area contributed by atoms with Crippen LogP contribution in [0, 0.1) is 6.92 Å². The molecule has 1 aromatic heterocycles. The van der Waals surface area contributed by atoms with Crippen LogP contribution in [0.2, 0.25) is 0 Å². The van der Waals surface area contributed by atoms with Gasteiger partial charge in [0.1, 0.15) is 17.3 Å². The molecule has 0 saturated carbocycles. The van der Waals surface area contributed by atoms with Crippen LogP contribution in [0.25, 0.3) is 0 Å². The van der Waals surface area contributed by atoms with Gasteiger partial charge in [0.25, 0.3) is 5.56 Å². The number of anilines is 2. The molecular formula is C24H24N4O5S. The Labute approximate surface area is 200 Å². The van der Waals surface area contributed by atoms with E-state index in [9.17, 15) is 14.4 Å². The Balaban J connectivity index is 1.59. The number of fused-ring (bicyclic) bond motifs is 1. The van der Waals surface area contributed by atoms with Crippen molar-refractivity contribution in [1.29, 1.82) is 0 Å². The molecular weight excluding hydrogens is 456 g/mol. The molecule has 3 aromatic rings. The van der Waals surface area contributed by atoms with E-state index in [2.05, 4.69) is 20.6 Å². The fraction of sp³-hybridized carbons (Fsp3) is 0.250. The number of nitrogens with zero attached hydrogens (tertiary/aromatic N) is 1. The number of hydrogen-bond acceptors (Lipinski definition) is 7. The van der Waals surface area contributed by atoms with Gasteiger partial charge >= 0.3 is 0 Å². The number of ether oxygens (including phenoxy) is 2. The zero-order valence-corrected chi connectivity index (χ0v) is 19.7. The molecule has 2 heterocycles. The van der Waals surface area contributed by atoms with Gasteiger partial charge in [-0.05, 0) is 30.2 Å². The summed E-state index contributed by atoms with van der Waals surface area (Å²) >= 11 is 1.35. The number of carbonyl (C=O) groups is 2. The van der Waals surface area contributed by atoms with Crippen molar-refractivity contribution in [2.75, 3.05) is 24.9 Å². The van der Waals surface area contributed by atoms with Gasteiger partial charge in [-0.3, -0.25) is 14.4 Å². The van der Waals surface area contributed by atoms with Crippen LogP contribution in [-0.4, -0.2) is 36.0 Å². The number of methoxy groups -OCH3 is 2. The summed E-state index contributed by atoms with van der Waals surface area (Å²) in [6, 6.07) is 12.9. The molecule has 0 unspecified atom stereocenters. The largest absolute Gasteiger partial charge is 0.497 e. The van der Waals surface area contributed by atoms with Gasteiger partial charge in [-0.1, -0.05) is 36.0 Å². The molecule has 2 aromatic carbocycles. The minimum Gasteiger partial charge on any atom is -0.497 e. The lowest BCUT2D eigenvalue weighted by Crippen LogP contribution is -2.36. The molecule has 1 aliphatic rings. The van der Waals surface area contributed by atoms with Crippen LogP contribution in [0.4, 0.5) is 11.5 Å². The number of carbonyl (C=O) groups excluding carboxylic acids is 2. The molecule has 0 fully saturated rings. The van der Waals surface area contributed by atoms with E-state index in [1.54, 1.807) is 18.2 Å². The van der Waals surface area contributed by atoms with Crippen molar-refractivity contribution in [2.24, 2.45) is 0 Å². The maximum absolute atomic E-state index is 13.1. The van der Waals surface area contributed by atoms with Crippen LogP contribution in [-0.2, 0) is 15.3 Å². The topological polar surface area (TPSA) is 122 Å². The van der Waals surface area contributed by atoms with Gasteiger partial charge < -0.3 is 25.1 Å². The lowest BCUT2D eigenvalue weighted by atomic mass is 9.92. The standard InChI is InChI=1S/C24H24N4O5S/c1-13-6-4-5-7-14(13)12-34-24-27-21-20(23(31)28-24)16(11-19(29)26-21)22(30)25-17-9-8-15(32-2)10-18(17)33-3/h4-10,16H,11-12H2,1-3H3,(H,25,30)(H2,26,27,28,29,31)/t16-/m0/s1. The SMILES string of the molecule is COc1ccc(NC(=O)[C@H]2CC(=O)Nc3nc(SCc4ccccc4C)[nH]c(=O)c32)c(OC)c1. The first kappa shape index (κ1) is 23.4. The van der Waals surface area contributed by atoms with Crippen LogP contribution >= 0.6 is 11.8 Å². The molecule has 176 valence electrons. The van der Waals surface area contributed by atoms with E-state index in [0.29, 0.717) is 28.1 Å². The zero-order chi connectivity index (χ0) is 24.2. The number of aromatic nitrogens is 2. The smallest absolute Gasteiger partial charge is 0.257 e. The molecule has 3 N–H and O–H groups in total. The van der Waals surface area contributed by atoms with Crippen LogP contribution in [0.15, 0.2) is 52.4 Å². The predicted octanol–water partition coefficient (Wildman–Crippen LogP) is 3.45. The summed E-state index contributed by atoms with van der Waals surface area (Å²) in [6.07, 6.45) is -0.169. The Morgan fingerprint density at radius 1 is 1.18 bits per heavy atom. The molecule has 0 radical (unpaired) electrons. The molecule has 4 rings (SSSR count). The van der Waals surface area contributed by atoms with Gasteiger partial charge in [-0.15, -0.1) is 0 Å². The highest BCUT2D eigenvalue weighted by Gasteiger charge is 2.35. The van der Waals surface area contributed by atoms with Crippen LogP contribution in [0.5, 0.6) is 11.5 Å². The minimum atomic E-state index is -0.998. The summed E-state index contributed by atoms with van der Waals surface area (Å²) in [4.78, 5) is 45.6. The molecule has 0 aliphatic carbocycles. The third-order valence-electron chi connectivity index (χ3n) is 5.54. The Kier molecular flexibility index (Phi) is 6.87. The van der Waals surface area contributed by atoms with Crippen LogP contribution < -0.4 is 25.7 Å². The van der Waals surface area contributed by atoms with Crippen molar-refractivity contribution < 1.29 is 19.1 Å². The number of thioether (sulfide) groups is 1. The minimum absolute atomic E-state index is 0.106. The molecule has 0 bridgehead atoms. The van der Waals surface area contributed by atoms with Crippen LogP contribution in [0.1, 0.15) is 29.0 Å². The van der Waals surface area contributed by atoms with Crippen molar-refractivity contribution in [3.05, 3.63) is 69.5 Å².